The lowest BCUT2D eigenvalue weighted by Crippen LogP contribution is -2.18. The molecule has 1 aliphatic carbocycles. The van der Waals surface area contributed by atoms with Gasteiger partial charge in [0.05, 0.1) is 0 Å². The zero-order valence-corrected chi connectivity index (χ0v) is 39.3. The molecule has 0 unspecified atom stereocenters. The van der Waals surface area contributed by atoms with Crippen LogP contribution in [-0.4, -0.2) is 0 Å². The summed E-state index contributed by atoms with van der Waals surface area (Å²) in [5.74, 6) is 0. The minimum absolute atomic E-state index is 0.910. The van der Waals surface area contributed by atoms with Gasteiger partial charge in [-0.15, -0.1) is 0 Å². The Labute approximate surface area is 402 Å². The van der Waals surface area contributed by atoms with Gasteiger partial charge in [-0.1, -0.05) is 103 Å². The quantitative estimate of drug-likeness (QED) is 0.114. The number of anilines is 11. The van der Waals surface area contributed by atoms with Gasteiger partial charge in [-0.3, -0.25) is 0 Å². The highest BCUT2D eigenvalue weighted by atomic mass is 15.2. The maximum absolute atomic E-state index is 2.41. The first-order valence-electron chi connectivity index (χ1n) is 23.6. The van der Waals surface area contributed by atoms with E-state index in [0.717, 1.165) is 75.4 Å². The van der Waals surface area contributed by atoms with Crippen LogP contribution in [0.4, 0.5) is 62.6 Å². The molecule has 0 heterocycles. The Morgan fingerprint density at radius 2 is 0.544 bits per heavy atom. The van der Waals surface area contributed by atoms with Crippen LogP contribution in [0, 0.1) is 27.7 Å². The standard InChI is InChI=1S/C64H56N4/c1-47-15-11-23-61(43-47)67(62-24-12-16-48(2)44-62)59-39-35-57(36-40-59)65(53-19-7-5-8-20-53)55-31-27-51(28-32-55)52-29-33-56(34-30-52)66(54-21-9-6-10-22-54)58-37-41-60(42-38-58)68(63-25-13-17-49(3)45-63)64-26-14-18-50(4)46-64/h5-29,31-33,35-46H,30,34H2,1-4H3. The van der Waals surface area contributed by atoms with Crippen molar-refractivity contribution in [3.8, 4) is 0 Å². The number of hydrogen-bond acceptors (Lipinski definition) is 4. The molecule has 0 aromatic heterocycles. The Kier molecular flexibility index (Phi) is 12.6. The van der Waals surface area contributed by atoms with Gasteiger partial charge in [-0.2, -0.15) is 0 Å². The van der Waals surface area contributed by atoms with Crippen LogP contribution in [0.5, 0.6) is 0 Å². The second-order valence-corrected chi connectivity index (χ2v) is 17.8. The normalized spacial score (nSPS) is 12.2. The Morgan fingerprint density at radius 1 is 0.250 bits per heavy atom. The number of para-hydroxylation sites is 2. The first-order chi connectivity index (χ1) is 33.3. The van der Waals surface area contributed by atoms with Crippen molar-refractivity contribution < 1.29 is 0 Å². The number of allylic oxidation sites excluding steroid dienone is 4. The summed E-state index contributed by atoms with van der Waals surface area (Å²) in [4.78, 5) is 9.44. The Bertz CT molecular complexity index is 3120. The first kappa shape index (κ1) is 43.5. The lowest BCUT2D eigenvalue weighted by atomic mass is 9.94. The minimum Gasteiger partial charge on any atom is -0.314 e. The molecular formula is C64H56N4. The highest BCUT2D eigenvalue weighted by Crippen LogP contribution is 2.42. The molecule has 0 saturated heterocycles. The van der Waals surface area contributed by atoms with Crippen LogP contribution in [0.3, 0.4) is 0 Å². The van der Waals surface area contributed by atoms with Gasteiger partial charge in [-0.05, 0) is 213 Å². The van der Waals surface area contributed by atoms with Gasteiger partial charge in [0.1, 0.15) is 0 Å². The molecule has 1 aliphatic rings. The lowest BCUT2D eigenvalue weighted by Gasteiger charge is -2.31. The number of aryl methyl sites for hydroxylation is 4. The van der Waals surface area contributed by atoms with E-state index in [0.29, 0.717) is 0 Å². The highest BCUT2D eigenvalue weighted by molar-refractivity contribution is 5.83. The Balaban J connectivity index is 0.934. The summed E-state index contributed by atoms with van der Waals surface area (Å²) in [7, 11) is 0. The van der Waals surface area contributed by atoms with Gasteiger partial charge in [0.2, 0.25) is 0 Å². The molecule has 0 N–H and O–H groups in total. The monoisotopic (exact) mass is 880 g/mol. The molecule has 332 valence electrons. The predicted molar refractivity (Wildman–Crippen MR) is 290 cm³/mol. The van der Waals surface area contributed by atoms with Crippen LogP contribution in [0.15, 0.2) is 248 Å². The van der Waals surface area contributed by atoms with Crippen LogP contribution >= 0.6 is 0 Å². The predicted octanol–water partition coefficient (Wildman–Crippen LogP) is 18.2. The van der Waals surface area contributed by atoms with Gasteiger partial charge in [0, 0.05) is 68.3 Å². The van der Waals surface area contributed by atoms with Crippen LogP contribution in [0.25, 0.3) is 5.57 Å². The molecule has 4 heteroatoms. The summed E-state index contributed by atoms with van der Waals surface area (Å²) in [5.41, 5.74) is 21.1. The minimum atomic E-state index is 0.910. The third kappa shape index (κ3) is 9.49. The molecule has 10 rings (SSSR count). The summed E-state index contributed by atoms with van der Waals surface area (Å²) in [5, 5.41) is 0. The van der Waals surface area contributed by atoms with Crippen LogP contribution in [0.2, 0.25) is 0 Å². The summed E-state index contributed by atoms with van der Waals surface area (Å²) in [6.07, 6.45) is 6.47. The molecule has 0 saturated carbocycles. The fourth-order valence-corrected chi connectivity index (χ4v) is 9.42. The number of rotatable bonds is 13. The van der Waals surface area contributed by atoms with Crippen molar-refractivity contribution in [2.24, 2.45) is 0 Å². The molecule has 0 fully saturated rings. The summed E-state index contributed by atoms with van der Waals surface area (Å²) in [6.45, 7) is 8.60. The second kappa shape index (κ2) is 19.6. The van der Waals surface area contributed by atoms with Crippen LogP contribution in [0.1, 0.15) is 40.7 Å². The fourth-order valence-electron chi connectivity index (χ4n) is 9.42. The van der Waals surface area contributed by atoms with Gasteiger partial charge in [0.25, 0.3) is 0 Å². The largest absolute Gasteiger partial charge is 0.314 e. The van der Waals surface area contributed by atoms with Crippen LogP contribution < -0.4 is 19.6 Å². The van der Waals surface area contributed by atoms with E-state index in [1.165, 1.54) is 39.1 Å². The van der Waals surface area contributed by atoms with E-state index in [9.17, 15) is 0 Å². The summed E-state index contributed by atoms with van der Waals surface area (Å²) in [6, 6.07) is 83.3. The number of nitrogens with zero attached hydrogens (tertiary/aromatic N) is 4. The average Bonchev–Trinajstić information content (AvgIpc) is 3.37. The molecule has 0 bridgehead atoms. The molecule has 0 atom stereocenters. The summed E-state index contributed by atoms with van der Waals surface area (Å²) >= 11 is 0. The van der Waals surface area contributed by atoms with Crippen molar-refractivity contribution in [3.63, 3.8) is 0 Å². The Hall–Kier alpha value is -8.34. The topological polar surface area (TPSA) is 13.0 Å². The molecule has 0 spiro atoms. The van der Waals surface area contributed by atoms with E-state index in [-0.39, 0.29) is 0 Å². The van der Waals surface area contributed by atoms with Gasteiger partial charge >= 0.3 is 0 Å². The van der Waals surface area contributed by atoms with Gasteiger partial charge in [-0.25, -0.2) is 0 Å². The Morgan fingerprint density at radius 3 is 0.882 bits per heavy atom. The van der Waals surface area contributed by atoms with E-state index in [4.69, 9.17) is 0 Å². The highest BCUT2D eigenvalue weighted by Gasteiger charge is 2.21. The van der Waals surface area contributed by atoms with Crippen molar-refractivity contribution in [1.29, 1.82) is 0 Å². The second-order valence-electron chi connectivity index (χ2n) is 17.8. The van der Waals surface area contributed by atoms with Crippen molar-refractivity contribution in [2.45, 2.75) is 40.5 Å². The fraction of sp³-hybridized carbons (Fsp3) is 0.0938. The molecule has 68 heavy (non-hydrogen) atoms. The molecule has 9 aromatic rings. The SMILES string of the molecule is Cc1cccc(N(c2ccc(N(C3=CC=C(c4ccc(N(c5ccccc5)c5ccc(N(c6cccc(C)c6)c6cccc(C)c6)cc5)cc4)CC3)c3ccccc3)cc2)c2cccc(C)c2)c1. The smallest absolute Gasteiger partial charge is 0.0464 e. The molecule has 9 aromatic carbocycles. The molecule has 0 amide bonds. The molecular weight excluding hydrogens is 825 g/mol. The van der Waals surface area contributed by atoms with E-state index >= 15 is 0 Å². The summed E-state index contributed by atoms with van der Waals surface area (Å²) < 4.78 is 0. The maximum Gasteiger partial charge on any atom is 0.0464 e. The molecule has 0 aliphatic heterocycles. The number of hydrogen-bond donors (Lipinski definition) is 0. The molecule has 0 radical (unpaired) electrons. The third-order valence-corrected chi connectivity index (χ3v) is 12.7. The number of benzene rings is 9. The van der Waals surface area contributed by atoms with E-state index in [2.05, 4.69) is 290 Å². The van der Waals surface area contributed by atoms with E-state index < -0.39 is 0 Å². The van der Waals surface area contributed by atoms with Gasteiger partial charge in [0.15, 0.2) is 0 Å². The lowest BCUT2D eigenvalue weighted by molar-refractivity contribution is 0.930. The van der Waals surface area contributed by atoms with Crippen molar-refractivity contribution >= 4 is 68.1 Å². The van der Waals surface area contributed by atoms with Gasteiger partial charge < -0.3 is 19.6 Å². The third-order valence-electron chi connectivity index (χ3n) is 12.7. The van der Waals surface area contributed by atoms with Crippen LogP contribution in [-0.2, 0) is 0 Å². The van der Waals surface area contributed by atoms with E-state index in [1.807, 2.05) is 0 Å². The zero-order chi connectivity index (χ0) is 46.4. The first-order valence-corrected chi connectivity index (χ1v) is 23.6. The maximum atomic E-state index is 2.41. The van der Waals surface area contributed by atoms with E-state index in [1.54, 1.807) is 0 Å². The zero-order valence-electron chi connectivity index (χ0n) is 39.3. The average molecular weight is 881 g/mol. The van der Waals surface area contributed by atoms with Crippen molar-refractivity contribution in [1.82, 2.24) is 0 Å². The van der Waals surface area contributed by atoms with Crippen molar-refractivity contribution in [2.75, 3.05) is 19.6 Å². The van der Waals surface area contributed by atoms with Crippen molar-refractivity contribution in [3.05, 3.63) is 276 Å². The molecule has 4 nitrogen and oxygen atoms in total.